The Morgan fingerprint density at radius 3 is 2.75 bits per heavy atom. The molecule has 0 aliphatic carbocycles. The van der Waals surface area contributed by atoms with Crippen LogP contribution >= 0.6 is 38.5 Å². The molecule has 1 atom stereocenters. The van der Waals surface area contributed by atoms with Gasteiger partial charge in [-0.05, 0) is 47.2 Å². The molecule has 0 aliphatic rings. The molecule has 3 nitrogen and oxygen atoms in total. The van der Waals surface area contributed by atoms with Gasteiger partial charge in [0, 0.05) is 16.7 Å². The normalized spacial score (nSPS) is 12.8. The number of benzene rings is 1. The van der Waals surface area contributed by atoms with Crippen LogP contribution in [0.3, 0.4) is 0 Å². The van der Waals surface area contributed by atoms with Gasteiger partial charge in [0.25, 0.3) is 0 Å². The number of aromatic nitrogens is 2. The highest BCUT2D eigenvalue weighted by Crippen LogP contribution is 2.24. The van der Waals surface area contributed by atoms with Gasteiger partial charge in [-0.1, -0.05) is 22.0 Å². The predicted molar refractivity (Wildman–Crippen MR) is 76.6 cm³/mol. The number of nitrogens with two attached hydrogens (primary N) is 1. The summed E-state index contributed by atoms with van der Waals surface area (Å²) in [5, 5.41) is 4.26. The van der Waals surface area contributed by atoms with E-state index in [0.29, 0.717) is 0 Å². The van der Waals surface area contributed by atoms with Crippen LogP contribution in [0.15, 0.2) is 35.1 Å². The molecular formula is C11H11BrIN3. The SMILES string of the molecule is CC(N)c1ccc(-n2cc(I)cn2)cc1Br. The molecule has 2 N–H and O–H groups in total. The monoisotopic (exact) mass is 391 g/mol. The fraction of sp³-hybridized carbons (Fsp3) is 0.182. The second-order valence-electron chi connectivity index (χ2n) is 3.60. The van der Waals surface area contributed by atoms with Crippen molar-refractivity contribution in [3.63, 3.8) is 0 Å². The van der Waals surface area contributed by atoms with Crippen molar-refractivity contribution >= 4 is 38.5 Å². The first kappa shape index (κ1) is 12.1. The highest BCUT2D eigenvalue weighted by Gasteiger charge is 2.07. The largest absolute Gasteiger partial charge is 0.324 e. The average molecular weight is 392 g/mol. The maximum atomic E-state index is 5.85. The van der Waals surface area contributed by atoms with Gasteiger partial charge < -0.3 is 5.73 Å². The molecule has 2 aromatic rings. The van der Waals surface area contributed by atoms with Gasteiger partial charge in [0.1, 0.15) is 0 Å². The zero-order chi connectivity index (χ0) is 11.7. The Hall–Kier alpha value is -0.400. The molecule has 16 heavy (non-hydrogen) atoms. The van der Waals surface area contributed by atoms with Crippen LogP contribution in [0.25, 0.3) is 5.69 Å². The highest BCUT2D eigenvalue weighted by molar-refractivity contribution is 14.1. The first-order chi connectivity index (χ1) is 7.58. The standard InChI is InChI=1S/C11H11BrIN3/c1-7(14)10-3-2-9(4-11(10)12)16-6-8(13)5-15-16/h2-7H,14H2,1H3. The van der Waals surface area contributed by atoms with Crippen LogP contribution in [0.1, 0.15) is 18.5 Å². The van der Waals surface area contributed by atoms with Crippen LogP contribution in [0.5, 0.6) is 0 Å². The van der Waals surface area contributed by atoms with E-state index in [-0.39, 0.29) is 6.04 Å². The Labute approximate surface area is 116 Å². The zero-order valence-corrected chi connectivity index (χ0v) is 12.4. The van der Waals surface area contributed by atoms with Crippen molar-refractivity contribution < 1.29 is 0 Å². The lowest BCUT2D eigenvalue weighted by molar-refractivity contribution is 0.809. The average Bonchev–Trinajstić information content (AvgIpc) is 2.64. The third-order valence-corrected chi connectivity index (χ3v) is 3.53. The molecule has 0 amide bonds. The summed E-state index contributed by atoms with van der Waals surface area (Å²) in [4.78, 5) is 0. The van der Waals surface area contributed by atoms with Gasteiger partial charge in [-0.25, -0.2) is 4.68 Å². The Balaban J connectivity index is 2.42. The molecule has 1 unspecified atom stereocenters. The summed E-state index contributed by atoms with van der Waals surface area (Å²) in [6.07, 6.45) is 3.81. The van der Waals surface area contributed by atoms with E-state index in [1.807, 2.05) is 42.2 Å². The minimum atomic E-state index is 0.0289. The van der Waals surface area contributed by atoms with Gasteiger partial charge in [-0.15, -0.1) is 0 Å². The van der Waals surface area contributed by atoms with E-state index in [1.165, 1.54) is 0 Å². The van der Waals surface area contributed by atoms with Crippen molar-refractivity contribution in [2.45, 2.75) is 13.0 Å². The summed E-state index contributed by atoms with van der Waals surface area (Å²) in [6.45, 7) is 1.97. The van der Waals surface area contributed by atoms with E-state index in [0.717, 1.165) is 19.3 Å². The first-order valence-corrected chi connectivity index (χ1v) is 6.70. The third kappa shape index (κ3) is 2.46. The van der Waals surface area contributed by atoms with E-state index in [9.17, 15) is 0 Å². The van der Waals surface area contributed by atoms with Crippen LogP contribution in [0.2, 0.25) is 0 Å². The van der Waals surface area contributed by atoms with E-state index in [4.69, 9.17) is 5.73 Å². The third-order valence-electron chi connectivity index (χ3n) is 2.29. The van der Waals surface area contributed by atoms with Gasteiger partial charge in [0.2, 0.25) is 0 Å². The van der Waals surface area contributed by atoms with Gasteiger partial charge in [0.15, 0.2) is 0 Å². The van der Waals surface area contributed by atoms with Crippen molar-refractivity contribution in [1.29, 1.82) is 0 Å². The van der Waals surface area contributed by atoms with Crippen LogP contribution in [-0.4, -0.2) is 9.78 Å². The summed E-state index contributed by atoms with van der Waals surface area (Å²) in [7, 11) is 0. The Morgan fingerprint density at radius 2 is 2.25 bits per heavy atom. The molecule has 0 fully saturated rings. The van der Waals surface area contributed by atoms with Crippen LogP contribution in [-0.2, 0) is 0 Å². The van der Waals surface area contributed by atoms with Crippen molar-refractivity contribution in [2.24, 2.45) is 5.73 Å². The van der Waals surface area contributed by atoms with Crippen LogP contribution < -0.4 is 5.73 Å². The quantitative estimate of drug-likeness (QED) is 0.798. The van der Waals surface area contributed by atoms with Crippen LogP contribution in [0.4, 0.5) is 0 Å². The second-order valence-corrected chi connectivity index (χ2v) is 5.70. The van der Waals surface area contributed by atoms with Crippen molar-refractivity contribution in [3.8, 4) is 5.69 Å². The minimum Gasteiger partial charge on any atom is -0.324 e. The van der Waals surface area contributed by atoms with E-state index in [1.54, 1.807) is 0 Å². The zero-order valence-electron chi connectivity index (χ0n) is 8.69. The summed E-state index contributed by atoms with van der Waals surface area (Å²) in [5.41, 5.74) is 7.98. The molecule has 0 aliphatic heterocycles. The Kier molecular flexibility index (Phi) is 3.66. The predicted octanol–water partition coefficient (Wildman–Crippen LogP) is 3.26. The summed E-state index contributed by atoms with van der Waals surface area (Å²) >= 11 is 5.77. The molecule has 2 rings (SSSR count). The first-order valence-electron chi connectivity index (χ1n) is 4.83. The maximum Gasteiger partial charge on any atom is 0.0657 e. The number of halogens is 2. The molecule has 1 heterocycles. The lowest BCUT2D eigenvalue weighted by atomic mass is 10.1. The Morgan fingerprint density at radius 1 is 1.50 bits per heavy atom. The molecule has 0 saturated carbocycles. The highest BCUT2D eigenvalue weighted by atomic mass is 127. The molecule has 1 aromatic carbocycles. The molecule has 0 spiro atoms. The number of hydrogen-bond acceptors (Lipinski definition) is 2. The molecule has 5 heteroatoms. The lowest BCUT2D eigenvalue weighted by Crippen LogP contribution is -2.06. The van der Waals surface area contributed by atoms with Crippen LogP contribution in [0, 0.1) is 3.57 Å². The molecule has 84 valence electrons. The second kappa shape index (κ2) is 4.85. The van der Waals surface area contributed by atoms with E-state index >= 15 is 0 Å². The summed E-state index contributed by atoms with van der Waals surface area (Å²) in [5.74, 6) is 0. The maximum absolute atomic E-state index is 5.85. The molecule has 0 bridgehead atoms. The number of nitrogens with zero attached hydrogens (tertiary/aromatic N) is 2. The molecule has 0 radical (unpaired) electrons. The number of hydrogen-bond donors (Lipinski definition) is 1. The molecular weight excluding hydrogens is 381 g/mol. The minimum absolute atomic E-state index is 0.0289. The van der Waals surface area contributed by atoms with E-state index in [2.05, 4.69) is 43.6 Å². The van der Waals surface area contributed by atoms with Crippen molar-refractivity contribution in [3.05, 3.63) is 44.2 Å². The lowest BCUT2D eigenvalue weighted by Gasteiger charge is -2.10. The summed E-state index contributed by atoms with van der Waals surface area (Å²) < 4.78 is 3.98. The van der Waals surface area contributed by atoms with Gasteiger partial charge in [-0.3, -0.25) is 0 Å². The van der Waals surface area contributed by atoms with Gasteiger partial charge >= 0.3 is 0 Å². The fourth-order valence-corrected chi connectivity index (χ4v) is 2.59. The van der Waals surface area contributed by atoms with Gasteiger partial charge in [0.05, 0.1) is 15.5 Å². The number of rotatable bonds is 2. The Bertz CT molecular complexity index is 508. The smallest absolute Gasteiger partial charge is 0.0657 e. The summed E-state index contributed by atoms with van der Waals surface area (Å²) in [6, 6.07) is 6.11. The molecule has 1 aromatic heterocycles. The topological polar surface area (TPSA) is 43.8 Å². The van der Waals surface area contributed by atoms with Crippen molar-refractivity contribution in [1.82, 2.24) is 9.78 Å². The molecule has 0 saturated heterocycles. The van der Waals surface area contributed by atoms with Gasteiger partial charge in [-0.2, -0.15) is 5.10 Å². The fourth-order valence-electron chi connectivity index (χ4n) is 1.47. The van der Waals surface area contributed by atoms with Crippen molar-refractivity contribution in [2.75, 3.05) is 0 Å². The van der Waals surface area contributed by atoms with E-state index < -0.39 is 0 Å².